The van der Waals surface area contributed by atoms with Crippen LogP contribution in [0.1, 0.15) is 46.5 Å². The van der Waals surface area contributed by atoms with Crippen molar-refractivity contribution in [2.24, 2.45) is 5.92 Å². The maximum absolute atomic E-state index is 12.8. The number of methoxy groups -OCH3 is 1. The zero-order chi connectivity index (χ0) is 21.4. The molecule has 0 heterocycles. The predicted octanol–water partition coefficient (Wildman–Crippen LogP) is 3.75. The third-order valence-electron chi connectivity index (χ3n) is 4.57. The van der Waals surface area contributed by atoms with Gasteiger partial charge in [0.15, 0.2) is 11.5 Å². The van der Waals surface area contributed by atoms with Crippen molar-refractivity contribution in [2.45, 2.75) is 26.8 Å². The summed E-state index contributed by atoms with van der Waals surface area (Å²) >= 11 is 0. The average molecular weight is 399 g/mol. The molecular weight excluding hydrogens is 368 g/mol. The van der Waals surface area contributed by atoms with Crippen LogP contribution in [-0.2, 0) is 6.54 Å². The molecule has 0 saturated heterocycles. The highest BCUT2D eigenvalue weighted by molar-refractivity contribution is 5.95. The van der Waals surface area contributed by atoms with Gasteiger partial charge in [-0.05, 0) is 48.2 Å². The maximum atomic E-state index is 12.8. The van der Waals surface area contributed by atoms with Crippen LogP contribution in [0.15, 0.2) is 42.5 Å². The van der Waals surface area contributed by atoms with E-state index < -0.39 is 0 Å². The van der Waals surface area contributed by atoms with Gasteiger partial charge in [0.1, 0.15) is 0 Å². The van der Waals surface area contributed by atoms with Gasteiger partial charge in [0.2, 0.25) is 0 Å². The van der Waals surface area contributed by atoms with E-state index in [1.54, 1.807) is 56.4 Å². The van der Waals surface area contributed by atoms with Gasteiger partial charge in [-0.15, -0.1) is 0 Å². The van der Waals surface area contributed by atoms with Crippen LogP contribution in [-0.4, -0.2) is 44.5 Å². The number of benzene rings is 2. The quantitative estimate of drug-likeness (QED) is 0.699. The molecule has 0 aliphatic carbocycles. The van der Waals surface area contributed by atoms with Gasteiger partial charge >= 0.3 is 0 Å². The van der Waals surface area contributed by atoms with Crippen LogP contribution in [0.25, 0.3) is 0 Å². The number of hydrogen-bond acceptors (Lipinski definition) is 4. The van der Waals surface area contributed by atoms with Gasteiger partial charge < -0.3 is 19.7 Å². The first-order valence-electron chi connectivity index (χ1n) is 9.73. The predicted molar refractivity (Wildman–Crippen MR) is 114 cm³/mol. The summed E-state index contributed by atoms with van der Waals surface area (Å²) < 4.78 is 11.2. The van der Waals surface area contributed by atoms with Gasteiger partial charge in [-0.1, -0.05) is 26.0 Å². The molecule has 0 atom stereocenters. The lowest BCUT2D eigenvalue weighted by atomic mass is 10.1. The van der Waals surface area contributed by atoms with Gasteiger partial charge in [-0.25, -0.2) is 0 Å². The molecule has 0 aromatic heterocycles. The SMILES string of the molecule is CNC(=O)c1ccc(CN(C)C(=O)c2ccc(OCCC(C)C)c(OC)c2)cc1. The number of amides is 2. The highest BCUT2D eigenvalue weighted by atomic mass is 16.5. The second kappa shape index (κ2) is 10.5. The van der Waals surface area contributed by atoms with Gasteiger partial charge in [0.25, 0.3) is 11.8 Å². The van der Waals surface area contributed by atoms with E-state index in [4.69, 9.17) is 9.47 Å². The van der Waals surface area contributed by atoms with Gasteiger partial charge in [0.05, 0.1) is 13.7 Å². The first-order valence-corrected chi connectivity index (χ1v) is 9.73. The van der Waals surface area contributed by atoms with E-state index in [9.17, 15) is 9.59 Å². The van der Waals surface area contributed by atoms with Gasteiger partial charge in [-0.3, -0.25) is 9.59 Å². The zero-order valence-corrected chi connectivity index (χ0v) is 17.8. The number of hydrogen-bond donors (Lipinski definition) is 1. The van der Waals surface area contributed by atoms with E-state index in [-0.39, 0.29) is 11.8 Å². The van der Waals surface area contributed by atoms with Gasteiger partial charge in [-0.2, -0.15) is 0 Å². The van der Waals surface area contributed by atoms with Crippen LogP contribution in [0, 0.1) is 5.92 Å². The van der Waals surface area contributed by atoms with E-state index in [1.807, 2.05) is 12.1 Å². The van der Waals surface area contributed by atoms with Crippen molar-refractivity contribution in [3.63, 3.8) is 0 Å². The Labute approximate surface area is 172 Å². The molecular formula is C23H30N2O4. The minimum atomic E-state index is -0.135. The molecule has 0 aliphatic heterocycles. The summed E-state index contributed by atoms with van der Waals surface area (Å²) in [5.41, 5.74) is 2.06. The summed E-state index contributed by atoms with van der Waals surface area (Å²) in [5, 5.41) is 2.59. The zero-order valence-electron chi connectivity index (χ0n) is 17.8. The fourth-order valence-corrected chi connectivity index (χ4v) is 2.80. The average Bonchev–Trinajstić information content (AvgIpc) is 2.73. The molecule has 0 saturated carbocycles. The van der Waals surface area contributed by atoms with Crippen LogP contribution < -0.4 is 14.8 Å². The van der Waals surface area contributed by atoms with Crippen molar-refractivity contribution in [3.05, 3.63) is 59.2 Å². The van der Waals surface area contributed by atoms with E-state index in [0.717, 1.165) is 12.0 Å². The number of carbonyl (C=O) groups excluding carboxylic acids is 2. The lowest BCUT2D eigenvalue weighted by molar-refractivity contribution is 0.0784. The van der Waals surface area contributed by atoms with Crippen molar-refractivity contribution in [3.8, 4) is 11.5 Å². The number of nitrogens with one attached hydrogen (secondary N) is 1. The molecule has 0 bridgehead atoms. The summed E-state index contributed by atoms with van der Waals surface area (Å²) in [5.74, 6) is 1.48. The lowest BCUT2D eigenvalue weighted by Gasteiger charge is -2.19. The Morgan fingerprint density at radius 2 is 1.69 bits per heavy atom. The highest BCUT2D eigenvalue weighted by Gasteiger charge is 2.16. The number of ether oxygens (including phenoxy) is 2. The standard InChI is InChI=1S/C23H30N2O4/c1-16(2)12-13-29-20-11-10-19(14-21(20)28-5)23(27)25(4)15-17-6-8-18(9-7-17)22(26)24-3/h6-11,14,16H,12-13,15H2,1-5H3,(H,24,26). The van der Waals surface area contributed by atoms with Gasteiger partial charge in [0, 0.05) is 31.8 Å². The third-order valence-corrected chi connectivity index (χ3v) is 4.57. The molecule has 2 rings (SSSR count). The second-order valence-electron chi connectivity index (χ2n) is 7.33. The van der Waals surface area contributed by atoms with Crippen molar-refractivity contribution >= 4 is 11.8 Å². The molecule has 2 aromatic carbocycles. The van der Waals surface area contributed by atoms with Crippen LogP contribution in [0.2, 0.25) is 0 Å². The Bertz CT molecular complexity index is 831. The molecule has 2 aromatic rings. The largest absolute Gasteiger partial charge is 0.493 e. The molecule has 0 fully saturated rings. The minimum Gasteiger partial charge on any atom is -0.493 e. The Balaban J connectivity index is 2.05. The first kappa shape index (κ1) is 22.3. The Hall–Kier alpha value is -3.02. The topological polar surface area (TPSA) is 67.9 Å². The Morgan fingerprint density at radius 1 is 1.03 bits per heavy atom. The van der Waals surface area contributed by atoms with E-state index in [0.29, 0.717) is 41.7 Å². The molecule has 2 amide bonds. The highest BCUT2D eigenvalue weighted by Crippen LogP contribution is 2.29. The molecule has 156 valence electrons. The summed E-state index contributed by atoms with van der Waals surface area (Å²) in [6.45, 7) is 5.32. The number of carbonyl (C=O) groups is 2. The molecule has 0 unspecified atom stereocenters. The fourth-order valence-electron chi connectivity index (χ4n) is 2.80. The fraction of sp³-hybridized carbons (Fsp3) is 0.391. The monoisotopic (exact) mass is 398 g/mol. The molecule has 6 heteroatoms. The summed E-state index contributed by atoms with van der Waals surface area (Å²) in [7, 11) is 4.91. The van der Waals surface area contributed by atoms with Crippen LogP contribution in [0.3, 0.4) is 0 Å². The van der Waals surface area contributed by atoms with E-state index in [2.05, 4.69) is 19.2 Å². The van der Waals surface area contributed by atoms with Crippen molar-refractivity contribution < 1.29 is 19.1 Å². The van der Waals surface area contributed by atoms with E-state index >= 15 is 0 Å². The van der Waals surface area contributed by atoms with Crippen LogP contribution >= 0.6 is 0 Å². The summed E-state index contributed by atoms with van der Waals surface area (Å²) in [6.07, 6.45) is 0.950. The number of rotatable bonds is 9. The summed E-state index contributed by atoms with van der Waals surface area (Å²) in [4.78, 5) is 26.1. The Kier molecular flexibility index (Phi) is 8.07. The minimum absolute atomic E-state index is 0.118. The van der Waals surface area contributed by atoms with Crippen molar-refractivity contribution in [1.29, 1.82) is 0 Å². The normalized spacial score (nSPS) is 10.6. The lowest BCUT2D eigenvalue weighted by Crippen LogP contribution is -2.26. The summed E-state index contributed by atoms with van der Waals surface area (Å²) in [6, 6.07) is 12.4. The molecule has 0 aliphatic rings. The Morgan fingerprint density at radius 3 is 2.28 bits per heavy atom. The third kappa shape index (κ3) is 6.24. The molecule has 6 nitrogen and oxygen atoms in total. The number of nitrogens with zero attached hydrogens (tertiary/aromatic N) is 1. The smallest absolute Gasteiger partial charge is 0.254 e. The van der Waals surface area contributed by atoms with Crippen molar-refractivity contribution in [2.75, 3.05) is 27.8 Å². The molecule has 0 spiro atoms. The molecule has 1 N–H and O–H groups in total. The molecule has 0 radical (unpaired) electrons. The first-order chi connectivity index (χ1) is 13.8. The van der Waals surface area contributed by atoms with Crippen molar-refractivity contribution in [1.82, 2.24) is 10.2 Å². The van der Waals surface area contributed by atoms with Crippen LogP contribution in [0.5, 0.6) is 11.5 Å². The van der Waals surface area contributed by atoms with E-state index in [1.165, 1.54) is 0 Å². The van der Waals surface area contributed by atoms with Crippen LogP contribution in [0.4, 0.5) is 0 Å². The maximum Gasteiger partial charge on any atom is 0.254 e. The molecule has 29 heavy (non-hydrogen) atoms. The second-order valence-corrected chi connectivity index (χ2v) is 7.33.